The second-order valence-electron chi connectivity index (χ2n) is 7.86. The molecule has 0 saturated carbocycles. The summed E-state index contributed by atoms with van der Waals surface area (Å²) in [6.45, 7) is 8.02. The Labute approximate surface area is 182 Å². The maximum atomic E-state index is 13.0. The van der Waals surface area contributed by atoms with Crippen LogP contribution in [0.1, 0.15) is 66.7 Å². The maximum absolute atomic E-state index is 13.0. The quantitative estimate of drug-likeness (QED) is 0.447. The second-order valence-corrected chi connectivity index (χ2v) is 7.86. The van der Waals surface area contributed by atoms with Crippen LogP contribution < -0.4 is 10.6 Å². The van der Waals surface area contributed by atoms with Gasteiger partial charge in [0, 0.05) is 41.0 Å². The molecule has 158 valence electrons. The van der Waals surface area contributed by atoms with Crippen LogP contribution in [0.3, 0.4) is 0 Å². The molecule has 0 radical (unpaired) electrons. The van der Waals surface area contributed by atoms with Gasteiger partial charge in [-0.15, -0.1) is 0 Å². The van der Waals surface area contributed by atoms with Crippen LogP contribution in [0.2, 0.25) is 0 Å². The number of rotatable bonds is 7. The number of nitriles is 1. The van der Waals surface area contributed by atoms with Crippen molar-refractivity contribution < 1.29 is 4.79 Å². The largest absolute Gasteiger partial charge is 0.352 e. The fraction of sp³-hybridized carbons (Fsp3) is 0.250. The molecule has 0 spiro atoms. The molecular weight excluding hydrogens is 388 g/mol. The SMILES string of the molecule is CC(C)c1c(C#N)cccc1C(=O)Nc1ccc(C=N)c(Nc2cnn(C(C)C)c2)c1. The molecule has 0 saturated heterocycles. The number of carbonyl (C=O) groups is 1. The highest BCUT2D eigenvalue weighted by molar-refractivity contribution is 6.06. The molecule has 3 N–H and O–H groups in total. The lowest BCUT2D eigenvalue weighted by Crippen LogP contribution is -2.16. The highest BCUT2D eigenvalue weighted by atomic mass is 16.1. The van der Waals surface area contributed by atoms with E-state index in [0.717, 1.165) is 11.3 Å². The van der Waals surface area contributed by atoms with Crippen molar-refractivity contribution in [1.82, 2.24) is 9.78 Å². The van der Waals surface area contributed by atoms with Crippen molar-refractivity contribution in [2.45, 2.75) is 39.7 Å². The molecule has 1 amide bonds. The summed E-state index contributed by atoms with van der Waals surface area (Å²) in [6.07, 6.45) is 4.88. The molecule has 0 aliphatic carbocycles. The number of nitrogens with zero attached hydrogens (tertiary/aromatic N) is 3. The Kier molecular flexibility index (Phi) is 6.51. The van der Waals surface area contributed by atoms with E-state index >= 15 is 0 Å². The molecule has 1 heterocycles. The van der Waals surface area contributed by atoms with Crippen LogP contribution >= 0.6 is 0 Å². The maximum Gasteiger partial charge on any atom is 0.255 e. The van der Waals surface area contributed by atoms with Gasteiger partial charge in [0.25, 0.3) is 5.91 Å². The lowest BCUT2D eigenvalue weighted by Gasteiger charge is -2.15. The van der Waals surface area contributed by atoms with Gasteiger partial charge in [-0.2, -0.15) is 10.4 Å². The molecule has 3 aromatic rings. The average Bonchev–Trinajstić information content (AvgIpc) is 3.22. The number of aromatic nitrogens is 2. The van der Waals surface area contributed by atoms with E-state index in [2.05, 4.69) is 21.8 Å². The molecule has 31 heavy (non-hydrogen) atoms. The van der Waals surface area contributed by atoms with E-state index in [0.29, 0.717) is 28.1 Å². The zero-order valence-electron chi connectivity index (χ0n) is 18.1. The summed E-state index contributed by atoms with van der Waals surface area (Å²) in [6, 6.07) is 12.9. The summed E-state index contributed by atoms with van der Waals surface area (Å²) >= 11 is 0. The molecule has 0 unspecified atom stereocenters. The van der Waals surface area contributed by atoms with E-state index in [-0.39, 0.29) is 17.9 Å². The third-order valence-electron chi connectivity index (χ3n) is 4.92. The van der Waals surface area contributed by atoms with E-state index in [1.807, 2.05) is 38.6 Å². The van der Waals surface area contributed by atoms with E-state index < -0.39 is 0 Å². The molecule has 7 nitrogen and oxygen atoms in total. The zero-order chi connectivity index (χ0) is 22.5. The molecule has 0 bridgehead atoms. The third-order valence-corrected chi connectivity index (χ3v) is 4.92. The van der Waals surface area contributed by atoms with Crippen LogP contribution in [-0.2, 0) is 0 Å². The Morgan fingerprint density at radius 1 is 1.19 bits per heavy atom. The van der Waals surface area contributed by atoms with Crippen LogP contribution in [0.15, 0.2) is 48.8 Å². The standard InChI is InChI=1S/C24H26N6O/c1-15(2)23-18(12-26)6-5-7-21(23)24(31)29-19-9-8-17(11-25)22(10-19)28-20-13-27-30(14-20)16(3)4/h5-11,13-16,25,28H,1-4H3,(H,29,31). The average molecular weight is 415 g/mol. The van der Waals surface area contributed by atoms with Gasteiger partial charge in [0.2, 0.25) is 0 Å². The van der Waals surface area contributed by atoms with Crippen LogP contribution in [-0.4, -0.2) is 21.9 Å². The molecule has 0 atom stereocenters. The predicted molar refractivity (Wildman–Crippen MR) is 123 cm³/mol. The highest BCUT2D eigenvalue weighted by Crippen LogP contribution is 2.27. The summed E-state index contributed by atoms with van der Waals surface area (Å²) in [5, 5.41) is 27.6. The fourth-order valence-electron chi connectivity index (χ4n) is 3.39. The van der Waals surface area contributed by atoms with Gasteiger partial charge < -0.3 is 16.0 Å². The van der Waals surface area contributed by atoms with Crippen LogP contribution in [0.25, 0.3) is 0 Å². The molecule has 3 rings (SSSR count). The molecular formula is C24H26N6O. The van der Waals surface area contributed by atoms with Gasteiger partial charge in [-0.05, 0) is 55.7 Å². The molecule has 2 aromatic carbocycles. The number of benzene rings is 2. The Morgan fingerprint density at radius 3 is 2.58 bits per heavy atom. The first-order valence-electron chi connectivity index (χ1n) is 10.1. The van der Waals surface area contributed by atoms with E-state index in [1.54, 1.807) is 42.6 Å². The monoisotopic (exact) mass is 414 g/mol. The lowest BCUT2D eigenvalue weighted by atomic mass is 9.92. The zero-order valence-corrected chi connectivity index (χ0v) is 18.1. The minimum Gasteiger partial charge on any atom is -0.352 e. The first-order chi connectivity index (χ1) is 14.8. The predicted octanol–water partition coefficient (Wildman–Crippen LogP) is 5.45. The van der Waals surface area contributed by atoms with Crippen molar-refractivity contribution in [2.75, 3.05) is 10.6 Å². The van der Waals surface area contributed by atoms with Crippen molar-refractivity contribution >= 4 is 29.2 Å². The van der Waals surface area contributed by atoms with Crippen molar-refractivity contribution in [3.63, 3.8) is 0 Å². The lowest BCUT2D eigenvalue weighted by molar-refractivity contribution is 0.102. The second kappa shape index (κ2) is 9.26. The van der Waals surface area contributed by atoms with E-state index in [4.69, 9.17) is 5.41 Å². The minimum atomic E-state index is -0.276. The van der Waals surface area contributed by atoms with Crippen molar-refractivity contribution in [1.29, 1.82) is 10.7 Å². The number of hydrogen-bond donors (Lipinski definition) is 3. The molecule has 0 fully saturated rings. The summed E-state index contributed by atoms with van der Waals surface area (Å²) in [4.78, 5) is 13.0. The number of carbonyl (C=O) groups excluding carboxylic acids is 1. The normalized spacial score (nSPS) is 10.7. The number of anilines is 3. The number of hydrogen-bond acceptors (Lipinski definition) is 5. The fourth-order valence-corrected chi connectivity index (χ4v) is 3.39. The van der Waals surface area contributed by atoms with Gasteiger partial charge >= 0.3 is 0 Å². The molecule has 0 aliphatic heterocycles. The van der Waals surface area contributed by atoms with Crippen molar-refractivity contribution in [3.05, 3.63) is 71.0 Å². The van der Waals surface area contributed by atoms with Crippen LogP contribution in [0, 0.1) is 16.7 Å². The Hall–Kier alpha value is -3.92. The van der Waals surface area contributed by atoms with Gasteiger partial charge in [-0.3, -0.25) is 9.48 Å². The van der Waals surface area contributed by atoms with Gasteiger partial charge in [0.05, 0.1) is 23.5 Å². The smallest absolute Gasteiger partial charge is 0.255 e. The molecule has 7 heteroatoms. The van der Waals surface area contributed by atoms with Gasteiger partial charge in [0.15, 0.2) is 0 Å². The third kappa shape index (κ3) is 4.81. The first-order valence-corrected chi connectivity index (χ1v) is 10.1. The van der Waals surface area contributed by atoms with Gasteiger partial charge in [-0.25, -0.2) is 0 Å². The number of nitrogens with one attached hydrogen (secondary N) is 3. The van der Waals surface area contributed by atoms with Crippen LogP contribution in [0.5, 0.6) is 0 Å². The summed E-state index contributed by atoms with van der Waals surface area (Å²) in [7, 11) is 0. The molecule has 0 aliphatic rings. The summed E-state index contributed by atoms with van der Waals surface area (Å²) in [5.41, 5.74) is 4.48. The van der Waals surface area contributed by atoms with Crippen molar-refractivity contribution in [2.24, 2.45) is 0 Å². The van der Waals surface area contributed by atoms with Gasteiger partial charge in [0.1, 0.15) is 0 Å². The summed E-state index contributed by atoms with van der Waals surface area (Å²) in [5.74, 6) is -0.242. The Balaban J connectivity index is 1.89. The van der Waals surface area contributed by atoms with E-state index in [9.17, 15) is 10.1 Å². The Bertz CT molecular complexity index is 1150. The molecule has 1 aromatic heterocycles. The van der Waals surface area contributed by atoms with Crippen LogP contribution in [0.4, 0.5) is 17.1 Å². The minimum absolute atomic E-state index is 0.0339. The summed E-state index contributed by atoms with van der Waals surface area (Å²) < 4.78 is 1.84. The number of amides is 1. The highest BCUT2D eigenvalue weighted by Gasteiger charge is 2.18. The van der Waals surface area contributed by atoms with E-state index in [1.165, 1.54) is 6.21 Å². The van der Waals surface area contributed by atoms with Crippen molar-refractivity contribution in [3.8, 4) is 6.07 Å². The Morgan fingerprint density at radius 2 is 1.97 bits per heavy atom. The van der Waals surface area contributed by atoms with Gasteiger partial charge in [-0.1, -0.05) is 19.9 Å². The topological polar surface area (TPSA) is 107 Å². The first kappa shape index (κ1) is 21.8.